The number of rotatable bonds is 5. The zero-order valence-corrected chi connectivity index (χ0v) is 11.8. The molecule has 0 amide bonds. The highest BCUT2D eigenvalue weighted by molar-refractivity contribution is 7.17. The lowest BCUT2D eigenvalue weighted by Crippen LogP contribution is -2.10. The first-order valence-corrected chi connectivity index (χ1v) is 7.14. The Morgan fingerprint density at radius 1 is 1.61 bits per heavy atom. The first-order valence-electron chi connectivity index (χ1n) is 6.32. The molecule has 1 heterocycles. The summed E-state index contributed by atoms with van der Waals surface area (Å²) in [5, 5.41) is 13.4. The van der Waals surface area contributed by atoms with Crippen molar-refractivity contribution < 1.29 is 4.74 Å². The largest absolute Gasteiger partial charge is 0.486 e. The van der Waals surface area contributed by atoms with E-state index in [1.165, 1.54) is 24.2 Å². The third kappa shape index (κ3) is 2.54. The zero-order chi connectivity index (χ0) is 13.3. The highest BCUT2D eigenvalue weighted by Gasteiger charge is 2.36. The normalized spacial score (nSPS) is 21.7. The minimum absolute atomic E-state index is 0.0511. The minimum Gasteiger partial charge on any atom is -0.486 e. The van der Waals surface area contributed by atoms with Gasteiger partial charge < -0.3 is 15.8 Å². The second kappa shape index (κ2) is 5.07. The molecule has 0 spiro atoms. The summed E-state index contributed by atoms with van der Waals surface area (Å²) >= 11 is 1.39. The maximum absolute atomic E-state index is 9.04. The summed E-state index contributed by atoms with van der Waals surface area (Å²) in [6, 6.07) is 2.63. The van der Waals surface area contributed by atoms with Crippen molar-refractivity contribution in [1.82, 2.24) is 0 Å². The van der Waals surface area contributed by atoms with Crippen LogP contribution in [0, 0.1) is 17.2 Å². The fraction of sp³-hybridized carbons (Fsp3) is 0.615. The van der Waals surface area contributed by atoms with Crippen LogP contribution in [0.1, 0.15) is 38.5 Å². The van der Waals surface area contributed by atoms with Crippen molar-refractivity contribution in [3.63, 3.8) is 0 Å². The Labute approximate surface area is 112 Å². The van der Waals surface area contributed by atoms with E-state index in [0.717, 1.165) is 10.9 Å². The highest BCUT2D eigenvalue weighted by atomic mass is 32.1. The molecule has 1 aliphatic carbocycles. The van der Waals surface area contributed by atoms with Gasteiger partial charge in [0.25, 0.3) is 0 Å². The number of hydrogen-bond acceptors (Lipinski definition) is 5. The van der Waals surface area contributed by atoms with Crippen LogP contribution in [0.2, 0.25) is 0 Å². The van der Waals surface area contributed by atoms with Gasteiger partial charge in [0.2, 0.25) is 0 Å². The van der Waals surface area contributed by atoms with Gasteiger partial charge in [0, 0.05) is 6.04 Å². The Morgan fingerprint density at radius 2 is 2.33 bits per heavy atom. The summed E-state index contributed by atoms with van der Waals surface area (Å²) < 4.78 is 5.73. The van der Waals surface area contributed by atoms with E-state index in [2.05, 4.69) is 18.3 Å². The van der Waals surface area contributed by atoms with Gasteiger partial charge in [-0.25, -0.2) is 0 Å². The SMILES string of the molecule is CCC1CC1Nc1sc(C#N)c(N)c1OC(C)C. The molecule has 98 valence electrons. The summed E-state index contributed by atoms with van der Waals surface area (Å²) in [6.07, 6.45) is 2.43. The molecule has 1 saturated carbocycles. The lowest BCUT2D eigenvalue weighted by molar-refractivity contribution is 0.246. The maximum Gasteiger partial charge on any atom is 0.178 e. The highest BCUT2D eigenvalue weighted by Crippen LogP contribution is 2.46. The Kier molecular flexibility index (Phi) is 3.67. The number of nitrogens with two attached hydrogens (primary N) is 1. The van der Waals surface area contributed by atoms with E-state index in [0.29, 0.717) is 22.4 Å². The van der Waals surface area contributed by atoms with Crippen LogP contribution in [-0.2, 0) is 0 Å². The molecule has 0 radical (unpaired) electrons. The average Bonchev–Trinajstić information content (AvgIpc) is 3.02. The maximum atomic E-state index is 9.04. The predicted octanol–water partition coefficient (Wildman–Crippen LogP) is 3.20. The monoisotopic (exact) mass is 265 g/mol. The summed E-state index contributed by atoms with van der Waals surface area (Å²) in [7, 11) is 0. The van der Waals surface area contributed by atoms with Gasteiger partial charge in [-0.15, -0.1) is 11.3 Å². The van der Waals surface area contributed by atoms with Crippen LogP contribution in [0.4, 0.5) is 10.7 Å². The summed E-state index contributed by atoms with van der Waals surface area (Å²) in [6.45, 7) is 6.11. The molecule has 0 bridgehead atoms. The fourth-order valence-corrected chi connectivity index (χ4v) is 2.92. The van der Waals surface area contributed by atoms with Gasteiger partial charge in [0.05, 0.1) is 6.10 Å². The predicted molar refractivity (Wildman–Crippen MR) is 75.0 cm³/mol. The molecular weight excluding hydrogens is 246 g/mol. The molecule has 1 aromatic rings. The Balaban J connectivity index is 2.20. The number of hydrogen-bond donors (Lipinski definition) is 2. The molecule has 18 heavy (non-hydrogen) atoms. The van der Waals surface area contributed by atoms with E-state index in [9.17, 15) is 0 Å². The van der Waals surface area contributed by atoms with Crippen LogP contribution in [0.25, 0.3) is 0 Å². The van der Waals surface area contributed by atoms with Gasteiger partial charge in [-0.05, 0) is 26.2 Å². The molecule has 1 aromatic heterocycles. The summed E-state index contributed by atoms with van der Waals surface area (Å²) in [5.41, 5.74) is 6.41. The quantitative estimate of drug-likeness (QED) is 0.857. The molecule has 2 atom stereocenters. The smallest absolute Gasteiger partial charge is 0.178 e. The lowest BCUT2D eigenvalue weighted by atomic mass is 10.3. The first-order chi connectivity index (χ1) is 8.56. The van der Waals surface area contributed by atoms with E-state index < -0.39 is 0 Å². The second-order valence-corrected chi connectivity index (χ2v) is 5.96. The van der Waals surface area contributed by atoms with Crippen LogP contribution in [0.5, 0.6) is 5.75 Å². The van der Waals surface area contributed by atoms with Crippen molar-refractivity contribution in [3.8, 4) is 11.8 Å². The summed E-state index contributed by atoms with van der Waals surface area (Å²) in [5.74, 6) is 1.39. The minimum atomic E-state index is 0.0511. The lowest BCUT2D eigenvalue weighted by Gasteiger charge is -2.12. The number of nitrogens with zero attached hydrogens (tertiary/aromatic N) is 1. The van der Waals surface area contributed by atoms with Gasteiger partial charge in [-0.2, -0.15) is 5.26 Å². The van der Waals surface area contributed by atoms with E-state index in [1.807, 2.05) is 13.8 Å². The van der Waals surface area contributed by atoms with Gasteiger partial charge in [-0.3, -0.25) is 0 Å². The zero-order valence-electron chi connectivity index (χ0n) is 11.0. The van der Waals surface area contributed by atoms with Crippen LogP contribution in [-0.4, -0.2) is 12.1 Å². The topological polar surface area (TPSA) is 71.1 Å². The Morgan fingerprint density at radius 3 is 2.83 bits per heavy atom. The number of thiophene rings is 1. The second-order valence-electron chi connectivity index (χ2n) is 4.94. The first kappa shape index (κ1) is 13.0. The Hall–Kier alpha value is -1.41. The van der Waals surface area contributed by atoms with E-state index >= 15 is 0 Å². The standard InChI is InChI=1S/C13H19N3OS/c1-4-8-5-9(8)16-13-12(17-7(2)3)11(15)10(6-14)18-13/h7-9,16H,4-5,15H2,1-3H3. The van der Waals surface area contributed by atoms with Crippen molar-refractivity contribution >= 4 is 22.0 Å². The van der Waals surface area contributed by atoms with Crippen molar-refractivity contribution in [2.75, 3.05) is 11.1 Å². The van der Waals surface area contributed by atoms with Crippen LogP contribution < -0.4 is 15.8 Å². The molecule has 2 rings (SSSR count). The van der Waals surface area contributed by atoms with Crippen molar-refractivity contribution in [1.29, 1.82) is 5.26 Å². The molecule has 2 unspecified atom stereocenters. The van der Waals surface area contributed by atoms with E-state index in [4.69, 9.17) is 15.7 Å². The molecule has 1 aliphatic rings. The van der Waals surface area contributed by atoms with Crippen LogP contribution >= 0.6 is 11.3 Å². The molecule has 5 heteroatoms. The number of nitriles is 1. The van der Waals surface area contributed by atoms with Crippen LogP contribution in [0.3, 0.4) is 0 Å². The number of nitrogen functional groups attached to an aromatic ring is 1. The summed E-state index contributed by atoms with van der Waals surface area (Å²) in [4.78, 5) is 0.529. The molecule has 4 nitrogen and oxygen atoms in total. The molecule has 3 N–H and O–H groups in total. The van der Waals surface area contributed by atoms with Crippen molar-refractivity contribution in [2.24, 2.45) is 5.92 Å². The molecule has 0 aliphatic heterocycles. The molecule has 0 saturated heterocycles. The third-order valence-corrected chi connectivity index (χ3v) is 4.14. The number of nitrogens with one attached hydrogen (secondary N) is 1. The van der Waals surface area contributed by atoms with E-state index in [-0.39, 0.29) is 6.10 Å². The van der Waals surface area contributed by atoms with Crippen molar-refractivity contribution in [2.45, 2.75) is 45.8 Å². The van der Waals surface area contributed by atoms with Crippen molar-refractivity contribution in [3.05, 3.63) is 4.88 Å². The van der Waals surface area contributed by atoms with Crippen LogP contribution in [0.15, 0.2) is 0 Å². The Bertz CT molecular complexity index is 475. The molecular formula is C13H19N3OS. The molecule has 0 aromatic carbocycles. The number of anilines is 2. The molecule has 1 fully saturated rings. The third-order valence-electron chi connectivity index (χ3n) is 3.12. The van der Waals surface area contributed by atoms with Gasteiger partial charge in [0.15, 0.2) is 5.75 Å². The average molecular weight is 265 g/mol. The number of ether oxygens (including phenoxy) is 1. The van der Waals surface area contributed by atoms with Gasteiger partial charge >= 0.3 is 0 Å². The van der Waals surface area contributed by atoms with Gasteiger partial charge in [0.1, 0.15) is 21.6 Å². The fourth-order valence-electron chi connectivity index (χ4n) is 2.00. The van der Waals surface area contributed by atoms with Gasteiger partial charge in [-0.1, -0.05) is 13.3 Å². The van der Waals surface area contributed by atoms with E-state index in [1.54, 1.807) is 0 Å².